The molecule has 1 heterocycles. The van der Waals surface area contributed by atoms with Gasteiger partial charge in [-0.25, -0.2) is 0 Å². The van der Waals surface area contributed by atoms with E-state index >= 15 is 0 Å². The molecule has 0 bridgehead atoms. The van der Waals surface area contributed by atoms with Gasteiger partial charge in [0.05, 0.1) is 13.2 Å². The first-order chi connectivity index (χ1) is 9.79. The highest BCUT2D eigenvalue weighted by atomic mass is 16.5. The van der Waals surface area contributed by atoms with E-state index in [1.807, 2.05) is 6.07 Å². The quantitative estimate of drug-likeness (QED) is 0.826. The molecule has 0 amide bonds. The minimum absolute atomic E-state index is 0.493. The van der Waals surface area contributed by atoms with Gasteiger partial charge in [-0.05, 0) is 31.2 Å². The van der Waals surface area contributed by atoms with E-state index in [2.05, 4.69) is 42.3 Å². The Labute approximate surface area is 122 Å². The normalized spacial score (nSPS) is 20.0. The molecular formula is C16H26N2O2. The Morgan fingerprint density at radius 2 is 2.35 bits per heavy atom. The Bertz CT molecular complexity index is 398. The summed E-state index contributed by atoms with van der Waals surface area (Å²) in [5.41, 5.74) is 1.27. The van der Waals surface area contributed by atoms with Crippen molar-refractivity contribution in [2.75, 3.05) is 39.5 Å². The number of nitrogens with zero attached hydrogens (tertiary/aromatic N) is 1. The van der Waals surface area contributed by atoms with Crippen molar-refractivity contribution in [3.05, 3.63) is 29.8 Å². The van der Waals surface area contributed by atoms with Gasteiger partial charge < -0.3 is 14.8 Å². The van der Waals surface area contributed by atoms with E-state index in [1.54, 1.807) is 0 Å². The largest absolute Gasteiger partial charge is 0.492 e. The number of benzene rings is 1. The van der Waals surface area contributed by atoms with Crippen molar-refractivity contribution in [2.24, 2.45) is 0 Å². The van der Waals surface area contributed by atoms with E-state index in [0.29, 0.717) is 6.04 Å². The van der Waals surface area contributed by atoms with Gasteiger partial charge in [0, 0.05) is 25.7 Å². The second-order valence-electron chi connectivity index (χ2n) is 5.24. The molecule has 1 unspecified atom stereocenters. The van der Waals surface area contributed by atoms with E-state index in [-0.39, 0.29) is 0 Å². The van der Waals surface area contributed by atoms with E-state index in [4.69, 9.17) is 9.47 Å². The van der Waals surface area contributed by atoms with Gasteiger partial charge in [0.15, 0.2) is 0 Å². The number of nitrogens with one attached hydrogen (secondary N) is 1. The van der Waals surface area contributed by atoms with Crippen LogP contribution in [0.2, 0.25) is 0 Å². The monoisotopic (exact) mass is 278 g/mol. The van der Waals surface area contributed by atoms with Gasteiger partial charge in [0.1, 0.15) is 12.4 Å². The molecule has 4 heteroatoms. The third kappa shape index (κ3) is 4.78. The van der Waals surface area contributed by atoms with Crippen LogP contribution in [-0.4, -0.2) is 50.4 Å². The average molecular weight is 278 g/mol. The lowest BCUT2D eigenvalue weighted by molar-refractivity contribution is -0.00514. The number of rotatable bonds is 7. The molecule has 0 saturated carbocycles. The van der Waals surface area contributed by atoms with Crippen LogP contribution in [0.3, 0.4) is 0 Å². The van der Waals surface area contributed by atoms with Crippen LogP contribution in [0, 0.1) is 0 Å². The van der Waals surface area contributed by atoms with Gasteiger partial charge in [0.2, 0.25) is 0 Å². The third-order valence-corrected chi connectivity index (χ3v) is 3.63. The van der Waals surface area contributed by atoms with Crippen LogP contribution < -0.4 is 10.1 Å². The molecule has 2 rings (SSSR count). The maximum Gasteiger partial charge on any atom is 0.119 e. The SMILES string of the molecule is CCNCc1cccc(OCCN2CCOCC2C)c1. The Kier molecular flexibility index (Phi) is 6.30. The molecule has 0 aromatic heterocycles. The molecule has 1 fully saturated rings. The molecule has 0 spiro atoms. The average Bonchev–Trinajstić information content (AvgIpc) is 2.48. The van der Waals surface area contributed by atoms with Gasteiger partial charge in [0.25, 0.3) is 0 Å². The van der Waals surface area contributed by atoms with E-state index < -0.39 is 0 Å². The van der Waals surface area contributed by atoms with Gasteiger partial charge in [-0.2, -0.15) is 0 Å². The summed E-state index contributed by atoms with van der Waals surface area (Å²) < 4.78 is 11.3. The van der Waals surface area contributed by atoms with E-state index in [9.17, 15) is 0 Å². The molecule has 1 N–H and O–H groups in total. The highest BCUT2D eigenvalue weighted by molar-refractivity contribution is 5.28. The van der Waals surface area contributed by atoms with Crippen LogP contribution in [0.25, 0.3) is 0 Å². The molecule has 1 atom stereocenters. The Hall–Kier alpha value is -1.10. The molecule has 0 radical (unpaired) electrons. The third-order valence-electron chi connectivity index (χ3n) is 3.63. The summed E-state index contributed by atoms with van der Waals surface area (Å²) in [5.74, 6) is 0.960. The predicted molar refractivity (Wildman–Crippen MR) is 81.2 cm³/mol. The fourth-order valence-corrected chi connectivity index (χ4v) is 2.39. The minimum Gasteiger partial charge on any atom is -0.492 e. The first kappa shape index (κ1) is 15.3. The number of hydrogen-bond donors (Lipinski definition) is 1. The van der Waals surface area contributed by atoms with Crippen molar-refractivity contribution < 1.29 is 9.47 Å². The van der Waals surface area contributed by atoms with Crippen molar-refractivity contribution in [2.45, 2.75) is 26.4 Å². The van der Waals surface area contributed by atoms with E-state index in [0.717, 1.165) is 51.7 Å². The van der Waals surface area contributed by atoms with Crippen LogP contribution in [0.5, 0.6) is 5.75 Å². The van der Waals surface area contributed by atoms with Crippen molar-refractivity contribution in [3.8, 4) is 5.75 Å². The summed E-state index contributed by atoms with van der Waals surface area (Å²) in [5, 5.41) is 3.33. The fraction of sp³-hybridized carbons (Fsp3) is 0.625. The summed E-state index contributed by atoms with van der Waals surface area (Å²) in [6, 6.07) is 8.81. The summed E-state index contributed by atoms with van der Waals surface area (Å²) in [4.78, 5) is 2.42. The molecule has 112 valence electrons. The van der Waals surface area contributed by atoms with Crippen molar-refractivity contribution >= 4 is 0 Å². The van der Waals surface area contributed by atoms with Crippen LogP contribution in [0.1, 0.15) is 19.4 Å². The lowest BCUT2D eigenvalue weighted by Crippen LogP contribution is -2.45. The zero-order chi connectivity index (χ0) is 14.2. The lowest BCUT2D eigenvalue weighted by atomic mass is 10.2. The summed E-state index contributed by atoms with van der Waals surface area (Å²) in [7, 11) is 0. The highest BCUT2D eigenvalue weighted by Gasteiger charge is 2.17. The summed E-state index contributed by atoms with van der Waals surface area (Å²) in [6.45, 7) is 10.6. The van der Waals surface area contributed by atoms with Crippen LogP contribution in [-0.2, 0) is 11.3 Å². The van der Waals surface area contributed by atoms with E-state index in [1.165, 1.54) is 5.56 Å². The predicted octanol–water partition coefficient (Wildman–Crippen LogP) is 1.90. The number of hydrogen-bond acceptors (Lipinski definition) is 4. The molecule has 1 aromatic rings. The molecule has 4 nitrogen and oxygen atoms in total. The molecular weight excluding hydrogens is 252 g/mol. The molecule has 20 heavy (non-hydrogen) atoms. The first-order valence-corrected chi connectivity index (χ1v) is 7.54. The fourth-order valence-electron chi connectivity index (χ4n) is 2.39. The molecule has 0 aliphatic carbocycles. The van der Waals surface area contributed by atoms with Crippen LogP contribution >= 0.6 is 0 Å². The highest BCUT2D eigenvalue weighted by Crippen LogP contribution is 2.13. The summed E-state index contributed by atoms with van der Waals surface area (Å²) >= 11 is 0. The number of morpholine rings is 1. The molecule has 1 aliphatic rings. The summed E-state index contributed by atoms with van der Waals surface area (Å²) in [6.07, 6.45) is 0. The van der Waals surface area contributed by atoms with Gasteiger partial charge in [-0.15, -0.1) is 0 Å². The second-order valence-corrected chi connectivity index (χ2v) is 5.24. The van der Waals surface area contributed by atoms with Gasteiger partial charge in [-0.1, -0.05) is 19.1 Å². The van der Waals surface area contributed by atoms with Gasteiger partial charge in [-0.3, -0.25) is 4.90 Å². The first-order valence-electron chi connectivity index (χ1n) is 7.54. The maximum absolute atomic E-state index is 5.87. The van der Waals surface area contributed by atoms with Crippen molar-refractivity contribution in [3.63, 3.8) is 0 Å². The zero-order valence-electron chi connectivity index (χ0n) is 12.6. The molecule has 1 saturated heterocycles. The second kappa shape index (κ2) is 8.25. The minimum atomic E-state index is 0.493. The molecule has 1 aromatic carbocycles. The number of ether oxygens (including phenoxy) is 2. The Balaban J connectivity index is 1.75. The Morgan fingerprint density at radius 1 is 1.45 bits per heavy atom. The maximum atomic E-state index is 5.87. The topological polar surface area (TPSA) is 33.7 Å². The smallest absolute Gasteiger partial charge is 0.119 e. The standard InChI is InChI=1S/C16H26N2O2/c1-3-17-12-15-5-4-6-16(11-15)20-10-8-18-7-9-19-13-14(18)2/h4-6,11,14,17H,3,7-10,12-13H2,1-2H3. The van der Waals surface area contributed by atoms with Crippen LogP contribution in [0.4, 0.5) is 0 Å². The lowest BCUT2D eigenvalue weighted by Gasteiger charge is -2.32. The molecule has 1 aliphatic heterocycles. The zero-order valence-corrected chi connectivity index (χ0v) is 12.6. The van der Waals surface area contributed by atoms with Gasteiger partial charge >= 0.3 is 0 Å². The van der Waals surface area contributed by atoms with Crippen molar-refractivity contribution in [1.82, 2.24) is 10.2 Å². The van der Waals surface area contributed by atoms with Crippen molar-refractivity contribution in [1.29, 1.82) is 0 Å². The van der Waals surface area contributed by atoms with Crippen LogP contribution in [0.15, 0.2) is 24.3 Å². The Morgan fingerprint density at radius 3 is 3.15 bits per heavy atom.